The van der Waals surface area contributed by atoms with Crippen molar-refractivity contribution in [3.63, 3.8) is 0 Å². The maximum atomic E-state index is 12.4. The van der Waals surface area contributed by atoms with Gasteiger partial charge in [0.2, 0.25) is 15.9 Å². The highest BCUT2D eigenvalue weighted by Crippen LogP contribution is 2.49. The third-order valence-corrected chi connectivity index (χ3v) is 8.24. The number of carbonyl (C=O) groups excluding carboxylic acids is 1. The fourth-order valence-electron chi connectivity index (χ4n) is 4.90. The van der Waals surface area contributed by atoms with Crippen LogP contribution in [0, 0.1) is 17.8 Å². The number of imidazole rings is 1. The lowest BCUT2D eigenvalue weighted by atomic mass is 9.84. The second-order valence-electron chi connectivity index (χ2n) is 8.13. The van der Waals surface area contributed by atoms with Crippen molar-refractivity contribution in [2.45, 2.75) is 48.7 Å². The Morgan fingerprint density at radius 3 is 2.82 bits per heavy atom. The summed E-state index contributed by atoms with van der Waals surface area (Å²) in [5.41, 5.74) is 1.35. The first-order chi connectivity index (χ1) is 13.2. The summed E-state index contributed by atoms with van der Waals surface area (Å²) in [5, 5.41) is 9.03. The predicted octanol–water partition coefficient (Wildman–Crippen LogP) is 2.25. The van der Waals surface area contributed by atoms with Crippen LogP contribution in [0.2, 0.25) is 0 Å². The maximum Gasteiger partial charge on any atom is 0.238 e. The zero-order chi connectivity index (χ0) is 20.1. The molecule has 4 rings (SSSR count). The molecule has 2 aromatic rings. The SMILES string of the molecule is C[C@@H](NC(=O)CSc1nc2cc(S(N)(=O)=O)ccc2n1C)[C@H]1C[C@H]2CC[C@H]1C2. The van der Waals surface area contributed by atoms with Crippen molar-refractivity contribution in [1.29, 1.82) is 0 Å². The number of aryl methyl sites for hydroxylation is 1. The summed E-state index contributed by atoms with van der Waals surface area (Å²) >= 11 is 1.35. The molecule has 2 fully saturated rings. The third-order valence-electron chi connectivity index (χ3n) is 6.30. The molecule has 0 aliphatic heterocycles. The van der Waals surface area contributed by atoms with Gasteiger partial charge < -0.3 is 9.88 Å². The summed E-state index contributed by atoms with van der Waals surface area (Å²) in [4.78, 5) is 16.9. The molecule has 0 saturated heterocycles. The molecule has 1 aromatic heterocycles. The van der Waals surface area contributed by atoms with Gasteiger partial charge in [-0.05, 0) is 62.1 Å². The van der Waals surface area contributed by atoms with Crippen LogP contribution in [0.3, 0.4) is 0 Å². The Balaban J connectivity index is 1.39. The topological polar surface area (TPSA) is 107 Å². The van der Waals surface area contributed by atoms with E-state index in [2.05, 4.69) is 17.2 Å². The average molecular weight is 423 g/mol. The maximum absolute atomic E-state index is 12.4. The Kier molecular flexibility index (Phi) is 5.18. The molecule has 2 aliphatic rings. The number of hydrogen-bond donors (Lipinski definition) is 2. The number of amides is 1. The molecular formula is C19H26N4O3S2. The van der Waals surface area contributed by atoms with Gasteiger partial charge in [0.25, 0.3) is 0 Å². The van der Waals surface area contributed by atoms with Crippen LogP contribution in [0.5, 0.6) is 0 Å². The molecule has 1 aromatic carbocycles. The van der Waals surface area contributed by atoms with Gasteiger partial charge in [-0.25, -0.2) is 18.5 Å². The molecule has 28 heavy (non-hydrogen) atoms. The third kappa shape index (κ3) is 3.79. The molecule has 9 heteroatoms. The van der Waals surface area contributed by atoms with E-state index in [-0.39, 0.29) is 22.6 Å². The van der Waals surface area contributed by atoms with E-state index in [1.807, 2.05) is 11.6 Å². The van der Waals surface area contributed by atoms with E-state index in [4.69, 9.17) is 5.14 Å². The molecule has 152 valence electrons. The van der Waals surface area contributed by atoms with Crippen molar-refractivity contribution in [2.75, 3.05) is 5.75 Å². The lowest BCUT2D eigenvalue weighted by Gasteiger charge is -2.28. The lowest BCUT2D eigenvalue weighted by molar-refractivity contribution is -0.119. The van der Waals surface area contributed by atoms with E-state index in [1.54, 1.807) is 6.07 Å². The number of aromatic nitrogens is 2. The summed E-state index contributed by atoms with van der Waals surface area (Å²) < 4.78 is 24.9. The number of carbonyl (C=O) groups is 1. The van der Waals surface area contributed by atoms with E-state index in [0.29, 0.717) is 16.6 Å². The molecule has 7 nitrogen and oxygen atoms in total. The monoisotopic (exact) mass is 422 g/mol. The van der Waals surface area contributed by atoms with E-state index in [1.165, 1.54) is 49.6 Å². The van der Waals surface area contributed by atoms with Crippen LogP contribution in [-0.2, 0) is 21.9 Å². The zero-order valence-corrected chi connectivity index (χ0v) is 17.7. The van der Waals surface area contributed by atoms with Gasteiger partial charge in [0.1, 0.15) is 0 Å². The summed E-state index contributed by atoms with van der Waals surface area (Å²) in [6, 6.07) is 4.83. The van der Waals surface area contributed by atoms with Gasteiger partial charge in [0.05, 0.1) is 21.7 Å². The van der Waals surface area contributed by atoms with E-state index < -0.39 is 10.0 Å². The molecule has 1 heterocycles. The number of thioether (sulfide) groups is 1. The first-order valence-electron chi connectivity index (χ1n) is 9.64. The van der Waals surface area contributed by atoms with Crippen LogP contribution in [-0.4, -0.2) is 35.7 Å². The first kappa shape index (κ1) is 19.7. The Morgan fingerprint density at radius 1 is 1.39 bits per heavy atom. The fraction of sp³-hybridized carbons (Fsp3) is 0.579. The highest BCUT2D eigenvalue weighted by atomic mass is 32.2. The van der Waals surface area contributed by atoms with E-state index in [0.717, 1.165) is 17.4 Å². The molecule has 2 saturated carbocycles. The molecule has 0 spiro atoms. The fourth-order valence-corrected chi connectivity index (χ4v) is 6.23. The molecule has 4 atom stereocenters. The van der Waals surface area contributed by atoms with E-state index >= 15 is 0 Å². The molecule has 1 amide bonds. The van der Waals surface area contributed by atoms with Crippen LogP contribution in [0.4, 0.5) is 0 Å². The number of benzene rings is 1. The molecule has 0 radical (unpaired) electrons. The predicted molar refractivity (Wildman–Crippen MR) is 109 cm³/mol. The highest BCUT2D eigenvalue weighted by molar-refractivity contribution is 7.99. The van der Waals surface area contributed by atoms with Crippen molar-refractivity contribution in [3.05, 3.63) is 18.2 Å². The molecule has 3 N–H and O–H groups in total. The lowest BCUT2D eigenvalue weighted by Crippen LogP contribution is -2.40. The minimum absolute atomic E-state index is 0.0116. The van der Waals surface area contributed by atoms with Gasteiger partial charge in [0.15, 0.2) is 5.16 Å². The summed E-state index contributed by atoms with van der Waals surface area (Å²) in [5.74, 6) is 2.55. The van der Waals surface area contributed by atoms with Crippen LogP contribution in [0.1, 0.15) is 32.6 Å². The highest BCUT2D eigenvalue weighted by Gasteiger charge is 2.42. The van der Waals surface area contributed by atoms with Gasteiger partial charge in [-0.15, -0.1) is 0 Å². The number of nitrogens with zero attached hydrogens (tertiary/aromatic N) is 2. The number of nitrogens with one attached hydrogen (secondary N) is 1. The second kappa shape index (κ2) is 7.35. The molecule has 2 aliphatic carbocycles. The van der Waals surface area contributed by atoms with Gasteiger partial charge in [-0.3, -0.25) is 4.79 Å². The Labute approximate surface area is 169 Å². The minimum atomic E-state index is -3.77. The van der Waals surface area contributed by atoms with Crippen molar-refractivity contribution in [1.82, 2.24) is 14.9 Å². The van der Waals surface area contributed by atoms with Gasteiger partial charge in [-0.2, -0.15) is 0 Å². The van der Waals surface area contributed by atoms with E-state index in [9.17, 15) is 13.2 Å². The van der Waals surface area contributed by atoms with Crippen LogP contribution in [0.15, 0.2) is 28.3 Å². The number of rotatable bonds is 6. The van der Waals surface area contributed by atoms with Gasteiger partial charge in [0, 0.05) is 13.1 Å². The van der Waals surface area contributed by atoms with Crippen molar-refractivity contribution >= 4 is 38.7 Å². The summed E-state index contributed by atoms with van der Waals surface area (Å²) in [6.07, 6.45) is 5.25. The summed E-state index contributed by atoms with van der Waals surface area (Å²) in [7, 11) is -1.92. The number of fused-ring (bicyclic) bond motifs is 3. The van der Waals surface area contributed by atoms with Crippen LogP contribution >= 0.6 is 11.8 Å². The quantitative estimate of drug-likeness (QED) is 0.695. The number of hydrogen-bond acceptors (Lipinski definition) is 5. The molecule has 2 bridgehead atoms. The van der Waals surface area contributed by atoms with Crippen LogP contribution in [0.25, 0.3) is 11.0 Å². The van der Waals surface area contributed by atoms with Gasteiger partial charge in [-0.1, -0.05) is 18.2 Å². The largest absolute Gasteiger partial charge is 0.353 e. The minimum Gasteiger partial charge on any atom is -0.353 e. The van der Waals surface area contributed by atoms with Crippen molar-refractivity contribution in [3.8, 4) is 0 Å². The Hall–Kier alpha value is -1.58. The molecular weight excluding hydrogens is 396 g/mol. The van der Waals surface area contributed by atoms with Crippen molar-refractivity contribution < 1.29 is 13.2 Å². The number of primary sulfonamides is 1. The average Bonchev–Trinajstić information content (AvgIpc) is 3.34. The van der Waals surface area contributed by atoms with Crippen LogP contribution < -0.4 is 10.5 Å². The zero-order valence-electron chi connectivity index (χ0n) is 16.1. The molecule has 0 unspecified atom stereocenters. The first-order valence-corrected chi connectivity index (χ1v) is 12.2. The number of nitrogens with two attached hydrogens (primary N) is 1. The smallest absolute Gasteiger partial charge is 0.238 e. The second-order valence-corrected chi connectivity index (χ2v) is 10.6. The Morgan fingerprint density at radius 2 is 2.18 bits per heavy atom. The number of sulfonamides is 1. The van der Waals surface area contributed by atoms with Crippen molar-refractivity contribution in [2.24, 2.45) is 29.9 Å². The summed E-state index contributed by atoms with van der Waals surface area (Å²) in [6.45, 7) is 2.12. The van der Waals surface area contributed by atoms with Gasteiger partial charge >= 0.3 is 0 Å². The standard InChI is InChI=1S/C19H26N4O3S2/c1-11(15-8-12-3-4-13(15)7-12)21-18(24)10-27-19-22-16-9-14(28(20,25)26)5-6-17(16)23(19)2/h5-6,9,11-13,15H,3-4,7-8,10H2,1-2H3,(H,21,24)(H2,20,25,26)/t11-,12+,13+,15-/m1/s1. The normalized spacial score (nSPS) is 25.3. The Bertz CT molecular complexity index is 1020.